The predicted octanol–water partition coefficient (Wildman–Crippen LogP) is 10.0. The molecule has 1 saturated heterocycles. The highest BCUT2D eigenvalue weighted by Gasteiger charge is 2.37. The highest BCUT2D eigenvalue weighted by atomic mass is 19.2. The number of hydrogen-bond donors (Lipinski definition) is 0. The van der Waals surface area contributed by atoms with Gasteiger partial charge in [0.25, 0.3) is 0 Å². The molecule has 4 heteroatoms. The van der Waals surface area contributed by atoms with Crippen molar-refractivity contribution in [3.8, 4) is 5.75 Å². The molecular formula is C35H52F2O2. The van der Waals surface area contributed by atoms with E-state index in [2.05, 4.69) is 12.7 Å². The topological polar surface area (TPSA) is 18.5 Å². The third-order valence-electron chi connectivity index (χ3n) is 11.3. The number of hydrogen-bond acceptors (Lipinski definition) is 2. The van der Waals surface area contributed by atoms with E-state index in [-0.39, 0.29) is 11.7 Å². The number of benzene rings is 1. The van der Waals surface area contributed by atoms with Crippen molar-refractivity contribution in [3.63, 3.8) is 0 Å². The fourth-order valence-electron chi connectivity index (χ4n) is 8.86. The van der Waals surface area contributed by atoms with Crippen LogP contribution in [0.5, 0.6) is 5.75 Å². The molecule has 3 aliphatic carbocycles. The van der Waals surface area contributed by atoms with Crippen molar-refractivity contribution in [2.45, 2.75) is 122 Å². The van der Waals surface area contributed by atoms with Gasteiger partial charge >= 0.3 is 0 Å². The minimum atomic E-state index is -0.820. The van der Waals surface area contributed by atoms with E-state index in [9.17, 15) is 8.78 Å². The normalized spacial score (nSPS) is 35.9. The Morgan fingerprint density at radius 1 is 0.769 bits per heavy atom. The fraction of sp³-hybridized carbons (Fsp3) is 0.771. The lowest BCUT2D eigenvalue weighted by molar-refractivity contribution is -0.0749. The van der Waals surface area contributed by atoms with Gasteiger partial charge in [-0.1, -0.05) is 25.0 Å². The zero-order chi connectivity index (χ0) is 27.2. The minimum Gasteiger partial charge on any atom is -0.491 e. The summed E-state index contributed by atoms with van der Waals surface area (Å²) in [6.45, 7) is 7.01. The first-order chi connectivity index (χ1) is 19.1. The second kappa shape index (κ2) is 14.0. The Balaban J connectivity index is 1.02. The van der Waals surface area contributed by atoms with Gasteiger partial charge in [0.1, 0.15) is 0 Å². The molecule has 218 valence electrons. The van der Waals surface area contributed by atoms with Gasteiger partial charge in [0, 0.05) is 0 Å². The molecule has 0 bridgehead atoms. The summed E-state index contributed by atoms with van der Waals surface area (Å²) in [5.41, 5.74) is 0.550. The summed E-state index contributed by atoms with van der Waals surface area (Å²) >= 11 is 0. The first kappa shape index (κ1) is 29.1. The molecule has 39 heavy (non-hydrogen) atoms. The monoisotopic (exact) mass is 542 g/mol. The van der Waals surface area contributed by atoms with Gasteiger partial charge in [-0.15, -0.1) is 6.58 Å². The first-order valence-corrected chi connectivity index (χ1v) is 16.4. The minimum absolute atomic E-state index is 0.0325. The van der Waals surface area contributed by atoms with Gasteiger partial charge in [-0.25, -0.2) is 4.39 Å². The van der Waals surface area contributed by atoms with Crippen LogP contribution in [0.1, 0.15) is 121 Å². The van der Waals surface area contributed by atoms with Crippen molar-refractivity contribution in [2.24, 2.45) is 35.5 Å². The molecule has 0 amide bonds. The largest absolute Gasteiger partial charge is 0.491 e. The first-order valence-electron chi connectivity index (χ1n) is 16.4. The van der Waals surface area contributed by atoms with Crippen molar-refractivity contribution in [3.05, 3.63) is 42.0 Å². The lowest BCUT2D eigenvalue weighted by atomic mass is 9.66. The Morgan fingerprint density at radius 3 is 1.95 bits per heavy atom. The molecule has 2 atom stereocenters. The van der Waals surface area contributed by atoms with Crippen LogP contribution in [0.3, 0.4) is 0 Å². The van der Waals surface area contributed by atoms with Crippen molar-refractivity contribution in [1.29, 1.82) is 0 Å². The molecule has 1 heterocycles. The Bertz CT molecular complexity index is 899. The van der Waals surface area contributed by atoms with Crippen molar-refractivity contribution < 1.29 is 18.3 Å². The van der Waals surface area contributed by atoms with Crippen molar-refractivity contribution >= 4 is 0 Å². The third-order valence-corrected chi connectivity index (χ3v) is 11.3. The summed E-state index contributed by atoms with van der Waals surface area (Å²) in [5, 5.41) is 0. The number of halogens is 2. The van der Waals surface area contributed by atoms with Crippen LogP contribution in [-0.2, 0) is 4.74 Å². The van der Waals surface area contributed by atoms with E-state index in [4.69, 9.17) is 9.47 Å². The lowest BCUT2D eigenvalue weighted by Gasteiger charge is -2.43. The molecule has 2 unspecified atom stereocenters. The summed E-state index contributed by atoms with van der Waals surface area (Å²) in [4.78, 5) is 0. The van der Waals surface area contributed by atoms with Crippen LogP contribution < -0.4 is 4.74 Å². The molecule has 0 radical (unpaired) electrons. The maximum absolute atomic E-state index is 14.8. The summed E-state index contributed by atoms with van der Waals surface area (Å²) in [6, 6.07) is 3.36. The molecule has 0 N–H and O–H groups in total. The number of rotatable bonds is 9. The average molecular weight is 543 g/mol. The Hall–Kier alpha value is -1.42. The zero-order valence-electron chi connectivity index (χ0n) is 24.4. The Labute approximate surface area is 236 Å². The summed E-state index contributed by atoms with van der Waals surface area (Å²) in [7, 11) is 0. The van der Waals surface area contributed by atoms with Gasteiger partial charge in [0.15, 0.2) is 11.6 Å². The van der Waals surface area contributed by atoms with Gasteiger partial charge < -0.3 is 9.47 Å². The Kier molecular flexibility index (Phi) is 10.4. The van der Waals surface area contributed by atoms with E-state index in [1.165, 1.54) is 77.0 Å². The summed E-state index contributed by atoms with van der Waals surface area (Å²) < 4.78 is 41.0. The Morgan fingerprint density at radius 2 is 1.36 bits per heavy atom. The van der Waals surface area contributed by atoms with Crippen LogP contribution >= 0.6 is 0 Å². The molecule has 5 rings (SSSR count). The van der Waals surface area contributed by atoms with Gasteiger partial charge in [-0.3, -0.25) is 0 Å². The SMILES string of the molecule is C=CCCC1CCC(C2CCC(C3CCC(C4CCC(c5ccc(OCC)c(F)c5F)CC4)CC3)CO2)CC1. The molecule has 1 aliphatic heterocycles. The summed E-state index contributed by atoms with van der Waals surface area (Å²) in [5.74, 6) is 3.54. The van der Waals surface area contributed by atoms with Crippen LogP contribution in [-0.4, -0.2) is 19.3 Å². The second-order valence-corrected chi connectivity index (χ2v) is 13.4. The molecule has 0 aromatic heterocycles. The quantitative estimate of drug-likeness (QED) is 0.289. The molecular weight excluding hydrogens is 490 g/mol. The van der Waals surface area contributed by atoms with Crippen molar-refractivity contribution in [2.75, 3.05) is 13.2 Å². The molecule has 4 fully saturated rings. The average Bonchev–Trinajstić information content (AvgIpc) is 2.99. The fourth-order valence-corrected chi connectivity index (χ4v) is 8.86. The van der Waals surface area contributed by atoms with E-state index in [1.54, 1.807) is 19.1 Å². The van der Waals surface area contributed by atoms with Crippen LogP contribution in [0.25, 0.3) is 0 Å². The second-order valence-electron chi connectivity index (χ2n) is 13.4. The molecule has 1 aromatic carbocycles. The van der Waals surface area contributed by atoms with Crippen molar-refractivity contribution in [1.82, 2.24) is 0 Å². The molecule has 4 aliphatic rings. The van der Waals surface area contributed by atoms with E-state index >= 15 is 0 Å². The third kappa shape index (κ3) is 7.08. The van der Waals surface area contributed by atoms with E-state index in [0.29, 0.717) is 18.3 Å². The van der Waals surface area contributed by atoms with E-state index in [1.807, 2.05) is 0 Å². The predicted molar refractivity (Wildman–Crippen MR) is 155 cm³/mol. The molecule has 0 spiro atoms. The summed E-state index contributed by atoms with van der Waals surface area (Å²) in [6.07, 6.45) is 22.9. The van der Waals surface area contributed by atoms with Crippen LogP contribution in [0.2, 0.25) is 0 Å². The van der Waals surface area contributed by atoms with Crippen LogP contribution in [0.15, 0.2) is 24.8 Å². The highest BCUT2D eigenvalue weighted by Crippen LogP contribution is 2.47. The van der Waals surface area contributed by atoms with Gasteiger partial charge in [0.2, 0.25) is 5.82 Å². The molecule has 1 aromatic rings. The van der Waals surface area contributed by atoms with E-state index < -0.39 is 11.6 Å². The maximum atomic E-state index is 14.8. The van der Waals surface area contributed by atoms with Gasteiger partial charge in [-0.2, -0.15) is 4.39 Å². The van der Waals surface area contributed by atoms with Gasteiger partial charge in [-0.05, 0) is 150 Å². The standard InChI is InChI=1S/C35H52F2O2/c1-3-5-6-24-7-9-29(10-8-24)32-21-19-30(23-39-32)27-13-11-25(12-14-27)26-15-17-28(18-16-26)31-20-22-33(38-4-2)35(37)34(31)36/h3,20,22,24-30,32H,1,4-19,21,23H2,2H3. The molecule has 2 nitrogen and oxygen atoms in total. The number of allylic oxidation sites excluding steroid dienone is 1. The maximum Gasteiger partial charge on any atom is 0.200 e. The smallest absolute Gasteiger partial charge is 0.200 e. The van der Waals surface area contributed by atoms with Crippen LogP contribution in [0.4, 0.5) is 8.78 Å². The van der Waals surface area contributed by atoms with Gasteiger partial charge in [0.05, 0.1) is 19.3 Å². The lowest BCUT2D eigenvalue weighted by Crippen LogP contribution is -2.37. The molecule has 3 saturated carbocycles. The van der Waals surface area contributed by atoms with Crippen LogP contribution in [0, 0.1) is 47.1 Å². The van der Waals surface area contributed by atoms with E-state index in [0.717, 1.165) is 67.8 Å². The zero-order valence-corrected chi connectivity index (χ0v) is 24.4. The highest BCUT2D eigenvalue weighted by molar-refractivity contribution is 5.33. The number of ether oxygens (including phenoxy) is 2.